The maximum absolute atomic E-state index is 12.1. The Morgan fingerprint density at radius 3 is 2.89 bits per heavy atom. The van der Waals surface area contributed by atoms with Gasteiger partial charge >= 0.3 is 5.97 Å². The maximum Gasteiger partial charge on any atom is 0.358 e. The molecule has 1 unspecified atom stereocenters. The molecule has 0 spiro atoms. The first kappa shape index (κ1) is 15.4. The fourth-order valence-corrected chi connectivity index (χ4v) is 4.34. The first-order chi connectivity index (χ1) is 8.42. The molecule has 1 aromatic rings. The molecule has 0 saturated carbocycles. The fourth-order valence-electron chi connectivity index (χ4n) is 1.26. The van der Waals surface area contributed by atoms with Crippen molar-refractivity contribution >= 4 is 39.1 Å². The standard InChI is InChI=1S/C9H14N2O4S3/c1-6(4-16-3)11-18(13,14)9-7(8(12)15-2)10-5-17-9/h5-6,11H,4H2,1-3H3. The summed E-state index contributed by atoms with van der Waals surface area (Å²) >= 11 is 2.42. The average molecular weight is 310 g/mol. The summed E-state index contributed by atoms with van der Waals surface area (Å²) in [5, 5.41) is 0. The number of hydrogen-bond acceptors (Lipinski definition) is 7. The van der Waals surface area contributed by atoms with Crippen molar-refractivity contribution in [2.24, 2.45) is 0 Å². The van der Waals surface area contributed by atoms with Crippen molar-refractivity contribution in [3.63, 3.8) is 0 Å². The zero-order valence-electron chi connectivity index (χ0n) is 10.2. The highest BCUT2D eigenvalue weighted by Crippen LogP contribution is 2.21. The van der Waals surface area contributed by atoms with Crippen LogP contribution in [0.5, 0.6) is 0 Å². The zero-order chi connectivity index (χ0) is 13.8. The molecule has 18 heavy (non-hydrogen) atoms. The number of methoxy groups -OCH3 is 1. The fraction of sp³-hybridized carbons (Fsp3) is 0.556. The van der Waals surface area contributed by atoms with Gasteiger partial charge < -0.3 is 4.74 Å². The Kier molecular flexibility index (Phi) is 5.57. The summed E-state index contributed by atoms with van der Waals surface area (Å²) in [6.07, 6.45) is 1.89. The molecule has 102 valence electrons. The molecule has 1 atom stereocenters. The predicted molar refractivity (Wildman–Crippen MR) is 71.6 cm³/mol. The minimum Gasteiger partial charge on any atom is -0.464 e. The van der Waals surface area contributed by atoms with E-state index in [9.17, 15) is 13.2 Å². The van der Waals surface area contributed by atoms with Crippen LogP contribution in [0.3, 0.4) is 0 Å². The number of thioether (sulfide) groups is 1. The van der Waals surface area contributed by atoms with Crippen LogP contribution in [0.4, 0.5) is 0 Å². The van der Waals surface area contributed by atoms with Gasteiger partial charge in [-0.25, -0.2) is 22.9 Å². The van der Waals surface area contributed by atoms with E-state index >= 15 is 0 Å². The molecule has 0 aliphatic carbocycles. The number of hydrogen-bond donors (Lipinski definition) is 1. The van der Waals surface area contributed by atoms with Gasteiger partial charge in [-0.2, -0.15) is 11.8 Å². The number of ether oxygens (including phenoxy) is 1. The van der Waals surface area contributed by atoms with Crippen molar-refractivity contribution in [3.8, 4) is 0 Å². The molecule has 0 saturated heterocycles. The number of thiazole rings is 1. The molecule has 1 heterocycles. The first-order valence-corrected chi connectivity index (χ1v) is 8.71. The number of carbonyl (C=O) groups is 1. The molecule has 0 aliphatic rings. The normalized spacial score (nSPS) is 13.3. The number of esters is 1. The minimum absolute atomic E-state index is 0.109. The molecule has 1 aromatic heterocycles. The highest BCUT2D eigenvalue weighted by atomic mass is 32.2. The Bertz CT molecular complexity index is 512. The number of carbonyl (C=O) groups excluding carboxylic acids is 1. The first-order valence-electron chi connectivity index (χ1n) is 4.95. The second-order valence-electron chi connectivity index (χ2n) is 3.46. The maximum atomic E-state index is 12.1. The smallest absolute Gasteiger partial charge is 0.358 e. The van der Waals surface area contributed by atoms with Crippen molar-refractivity contribution in [2.45, 2.75) is 17.2 Å². The Morgan fingerprint density at radius 2 is 2.33 bits per heavy atom. The molecular weight excluding hydrogens is 296 g/mol. The van der Waals surface area contributed by atoms with Crippen LogP contribution < -0.4 is 4.72 Å². The highest BCUT2D eigenvalue weighted by Gasteiger charge is 2.27. The summed E-state index contributed by atoms with van der Waals surface area (Å²) in [7, 11) is -2.55. The van der Waals surface area contributed by atoms with E-state index in [0.29, 0.717) is 5.75 Å². The van der Waals surface area contributed by atoms with E-state index < -0.39 is 16.0 Å². The van der Waals surface area contributed by atoms with Gasteiger partial charge in [-0.05, 0) is 13.2 Å². The van der Waals surface area contributed by atoms with Gasteiger partial charge in [0.05, 0.1) is 12.6 Å². The summed E-state index contributed by atoms with van der Waals surface area (Å²) in [5.41, 5.74) is 1.13. The summed E-state index contributed by atoms with van der Waals surface area (Å²) in [6, 6.07) is -0.224. The van der Waals surface area contributed by atoms with Gasteiger partial charge in [0.1, 0.15) is 0 Å². The van der Waals surface area contributed by atoms with Gasteiger partial charge in [-0.15, -0.1) is 11.3 Å². The van der Waals surface area contributed by atoms with Crippen molar-refractivity contribution in [2.75, 3.05) is 19.1 Å². The number of nitrogens with zero attached hydrogens (tertiary/aromatic N) is 1. The van der Waals surface area contributed by atoms with Crippen LogP contribution in [0.1, 0.15) is 17.4 Å². The quantitative estimate of drug-likeness (QED) is 0.788. The molecule has 0 bridgehead atoms. The average Bonchev–Trinajstić information content (AvgIpc) is 2.77. The second-order valence-corrected chi connectivity index (χ2v) is 7.13. The van der Waals surface area contributed by atoms with Crippen LogP contribution in [0.15, 0.2) is 9.72 Å². The molecule has 6 nitrogen and oxygen atoms in total. The molecule has 9 heteroatoms. The minimum atomic E-state index is -3.73. The number of aromatic nitrogens is 1. The van der Waals surface area contributed by atoms with Crippen molar-refractivity contribution in [1.29, 1.82) is 0 Å². The zero-order valence-corrected chi connectivity index (χ0v) is 12.6. The molecule has 0 amide bonds. The van der Waals surface area contributed by atoms with Crippen molar-refractivity contribution in [3.05, 3.63) is 11.2 Å². The van der Waals surface area contributed by atoms with Gasteiger partial charge in [-0.3, -0.25) is 0 Å². The number of rotatable bonds is 6. The number of nitrogens with one attached hydrogen (secondary N) is 1. The van der Waals surface area contributed by atoms with E-state index in [-0.39, 0.29) is 15.9 Å². The molecule has 1 rings (SSSR count). The van der Waals surface area contributed by atoms with Crippen LogP contribution >= 0.6 is 23.1 Å². The van der Waals surface area contributed by atoms with Gasteiger partial charge in [0.25, 0.3) is 10.0 Å². The van der Waals surface area contributed by atoms with E-state index in [1.165, 1.54) is 24.4 Å². The summed E-state index contributed by atoms with van der Waals surface area (Å²) < 4.78 is 31.0. The van der Waals surface area contributed by atoms with Crippen LogP contribution in [0.2, 0.25) is 0 Å². The van der Waals surface area contributed by atoms with Crippen LogP contribution in [0, 0.1) is 0 Å². The second kappa shape index (κ2) is 6.50. The topological polar surface area (TPSA) is 85.4 Å². The Hall–Kier alpha value is -0.640. The molecule has 0 aromatic carbocycles. The predicted octanol–water partition coefficient (Wildman–Crippen LogP) is 0.960. The van der Waals surface area contributed by atoms with E-state index in [1.807, 2.05) is 6.26 Å². The van der Waals surface area contributed by atoms with Gasteiger partial charge in [0.2, 0.25) is 0 Å². The lowest BCUT2D eigenvalue weighted by Gasteiger charge is -2.12. The largest absolute Gasteiger partial charge is 0.464 e. The SMILES string of the molecule is COC(=O)c1ncsc1S(=O)(=O)NC(C)CSC. The lowest BCUT2D eigenvalue weighted by molar-refractivity contribution is 0.0590. The van der Waals surface area contributed by atoms with Crippen LogP contribution in [-0.2, 0) is 14.8 Å². The Labute approximate surface area is 114 Å². The monoisotopic (exact) mass is 310 g/mol. The third-order valence-corrected chi connectivity index (χ3v) is 5.72. The molecule has 0 fully saturated rings. The lowest BCUT2D eigenvalue weighted by atomic mass is 10.4. The molecule has 0 aliphatic heterocycles. The van der Waals surface area contributed by atoms with E-state index in [0.717, 1.165) is 11.3 Å². The summed E-state index contributed by atoms with van der Waals surface area (Å²) in [6.45, 7) is 1.76. The summed E-state index contributed by atoms with van der Waals surface area (Å²) in [5.74, 6) is -0.111. The van der Waals surface area contributed by atoms with Crippen LogP contribution in [-0.4, -0.2) is 44.5 Å². The van der Waals surface area contributed by atoms with Crippen LogP contribution in [0.25, 0.3) is 0 Å². The third-order valence-electron chi connectivity index (χ3n) is 1.93. The van der Waals surface area contributed by atoms with Gasteiger partial charge in [0.15, 0.2) is 9.90 Å². The highest BCUT2D eigenvalue weighted by molar-refractivity contribution is 7.98. The molecule has 1 N–H and O–H groups in total. The molecular formula is C9H14N2O4S3. The van der Waals surface area contributed by atoms with Gasteiger partial charge in [0, 0.05) is 11.8 Å². The Morgan fingerprint density at radius 1 is 1.67 bits per heavy atom. The third kappa shape index (κ3) is 3.67. The summed E-state index contributed by atoms with van der Waals surface area (Å²) in [4.78, 5) is 15.1. The van der Waals surface area contributed by atoms with Crippen molar-refractivity contribution in [1.82, 2.24) is 9.71 Å². The van der Waals surface area contributed by atoms with Gasteiger partial charge in [-0.1, -0.05) is 0 Å². The lowest BCUT2D eigenvalue weighted by Crippen LogP contribution is -2.34. The molecule has 0 radical (unpaired) electrons. The van der Waals surface area contributed by atoms with E-state index in [2.05, 4.69) is 14.4 Å². The number of sulfonamides is 1. The van der Waals surface area contributed by atoms with Crippen molar-refractivity contribution < 1.29 is 17.9 Å². The Balaban J connectivity index is 2.99. The van der Waals surface area contributed by atoms with E-state index in [1.54, 1.807) is 6.92 Å². The van der Waals surface area contributed by atoms with E-state index in [4.69, 9.17) is 0 Å².